The Morgan fingerprint density at radius 1 is 1.20 bits per heavy atom. The minimum atomic E-state index is -4.36. The molecule has 0 amide bonds. The van der Waals surface area contributed by atoms with Crippen molar-refractivity contribution < 1.29 is 18.0 Å². The number of halogens is 5. The van der Waals surface area contributed by atoms with Crippen molar-refractivity contribution in [2.75, 3.05) is 13.2 Å². The maximum Gasteiger partial charge on any atom is 0.416 e. The molecule has 0 fully saturated rings. The molecule has 0 aliphatic rings. The summed E-state index contributed by atoms with van der Waals surface area (Å²) in [6.45, 7) is 1.15. The molecule has 1 aromatic carbocycles. The second kappa shape index (κ2) is 11.0. The van der Waals surface area contributed by atoms with E-state index in [-0.39, 0.29) is 31.4 Å². The van der Waals surface area contributed by atoms with Crippen LogP contribution < -0.4 is 5.73 Å². The van der Waals surface area contributed by atoms with Crippen molar-refractivity contribution in [1.82, 2.24) is 9.55 Å². The van der Waals surface area contributed by atoms with E-state index in [9.17, 15) is 13.2 Å². The molecule has 10 heteroatoms. The second-order valence-electron chi connectivity index (χ2n) is 4.79. The number of hydrogen-bond acceptors (Lipinski definition) is 4. The van der Waals surface area contributed by atoms with Crippen molar-refractivity contribution in [2.24, 2.45) is 10.9 Å². The largest absolute Gasteiger partial charge is 0.416 e. The van der Waals surface area contributed by atoms with Gasteiger partial charge in [0.1, 0.15) is 6.61 Å². The van der Waals surface area contributed by atoms with Crippen molar-refractivity contribution >= 4 is 30.5 Å². The molecule has 5 nitrogen and oxygen atoms in total. The first-order chi connectivity index (χ1) is 11.0. The molecule has 2 aromatic rings. The van der Waals surface area contributed by atoms with Gasteiger partial charge >= 0.3 is 6.18 Å². The second-order valence-corrected chi connectivity index (χ2v) is 4.79. The first-order valence-corrected chi connectivity index (χ1v) is 7.03. The van der Waals surface area contributed by atoms with Gasteiger partial charge in [-0.05, 0) is 17.7 Å². The Hall–Kier alpha value is -1.77. The van der Waals surface area contributed by atoms with Gasteiger partial charge in [-0.3, -0.25) is 0 Å². The van der Waals surface area contributed by atoms with Crippen LogP contribution >= 0.6 is 24.8 Å². The summed E-state index contributed by atoms with van der Waals surface area (Å²) in [5.41, 5.74) is 5.78. The summed E-state index contributed by atoms with van der Waals surface area (Å²) in [5, 5.41) is 4.00. The molecule has 0 bridgehead atoms. The predicted octanol–water partition coefficient (Wildman–Crippen LogP) is 3.52. The number of nitrogens with two attached hydrogens (primary N) is 1. The molecule has 0 spiro atoms. The predicted molar refractivity (Wildman–Crippen MR) is 94.3 cm³/mol. The molecule has 140 valence electrons. The van der Waals surface area contributed by atoms with Crippen LogP contribution in [-0.2, 0) is 17.6 Å². The third kappa shape index (κ3) is 7.33. The normalized spacial score (nSPS) is 11.4. The average molecular weight is 399 g/mol. The lowest BCUT2D eigenvalue weighted by Gasteiger charge is -2.10. The van der Waals surface area contributed by atoms with Crippen molar-refractivity contribution in [2.45, 2.75) is 19.1 Å². The van der Waals surface area contributed by atoms with Crippen LogP contribution in [0.3, 0.4) is 0 Å². The topological polar surface area (TPSA) is 65.4 Å². The van der Waals surface area contributed by atoms with E-state index in [1.54, 1.807) is 18.7 Å². The third-order valence-electron chi connectivity index (χ3n) is 3.10. The summed E-state index contributed by atoms with van der Waals surface area (Å²) in [6.07, 6.45) is 1.24. The minimum absolute atomic E-state index is 0. The Balaban J connectivity index is 0.00000288. The monoisotopic (exact) mass is 398 g/mol. The zero-order valence-electron chi connectivity index (χ0n) is 13.1. The van der Waals surface area contributed by atoms with E-state index >= 15 is 0 Å². The van der Waals surface area contributed by atoms with E-state index in [1.165, 1.54) is 12.1 Å². The van der Waals surface area contributed by atoms with E-state index in [2.05, 4.69) is 10.1 Å². The Kier molecular flexibility index (Phi) is 10.2. The molecule has 2 N–H and O–H groups in total. The van der Waals surface area contributed by atoms with Crippen LogP contribution in [0.2, 0.25) is 0 Å². The maximum atomic E-state index is 12.6. The first kappa shape index (κ1) is 23.2. The van der Waals surface area contributed by atoms with Crippen LogP contribution in [0.4, 0.5) is 13.2 Å². The highest BCUT2D eigenvalue weighted by Crippen LogP contribution is 2.29. The molecule has 0 saturated carbocycles. The molecule has 0 aliphatic carbocycles. The van der Waals surface area contributed by atoms with Gasteiger partial charge in [-0.25, -0.2) is 4.98 Å². The van der Waals surface area contributed by atoms with E-state index in [4.69, 9.17) is 10.6 Å². The first-order valence-electron chi connectivity index (χ1n) is 7.03. The number of alkyl halides is 3. The molecule has 0 saturated heterocycles. The standard InChI is InChI=1S/C15H17F3N4O.2ClH/c16-15(17,18)13-3-1-12(2-4-13)14(21-23-10-6-19)5-8-22-9-7-20-11-22;;/h1-4,7,9,11H,5-6,8,10,19H2;2*1H/b21-14+;;. The average Bonchev–Trinajstić information content (AvgIpc) is 3.03. The molecule has 0 unspecified atom stereocenters. The van der Waals surface area contributed by atoms with Gasteiger partial charge < -0.3 is 15.1 Å². The summed E-state index contributed by atoms with van der Waals surface area (Å²) < 4.78 is 39.7. The van der Waals surface area contributed by atoms with Crippen molar-refractivity contribution in [3.8, 4) is 0 Å². The fourth-order valence-corrected chi connectivity index (χ4v) is 1.92. The fraction of sp³-hybridized carbons (Fsp3) is 0.333. The number of nitrogens with zero attached hydrogens (tertiary/aromatic N) is 3. The van der Waals surface area contributed by atoms with Crippen LogP contribution in [0.15, 0.2) is 48.1 Å². The van der Waals surface area contributed by atoms with Crippen molar-refractivity contribution in [3.63, 3.8) is 0 Å². The minimum Gasteiger partial charge on any atom is -0.394 e. The quantitative estimate of drug-likeness (QED) is 0.440. The molecule has 2 rings (SSSR count). The van der Waals surface area contributed by atoms with E-state index in [1.807, 2.05) is 4.57 Å². The van der Waals surface area contributed by atoms with Gasteiger partial charge in [-0.1, -0.05) is 17.3 Å². The Bertz CT molecular complexity index is 631. The van der Waals surface area contributed by atoms with Crippen LogP contribution in [0.1, 0.15) is 17.5 Å². The Morgan fingerprint density at radius 2 is 1.88 bits per heavy atom. The summed E-state index contributed by atoms with van der Waals surface area (Å²) in [5.74, 6) is 0. The number of hydrogen-bond donors (Lipinski definition) is 1. The van der Waals surface area contributed by atoms with Gasteiger partial charge in [0.15, 0.2) is 0 Å². The van der Waals surface area contributed by atoms with Crippen LogP contribution in [-0.4, -0.2) is 28.4 Å². The SMILES string of the molecule is Cl.Cl.NCCO/N=C(\CCn1ccnc1)c1ccc(C(F)(F)F)cc1. The van der Waals surface area contributed by atoms with Gasteiger partial charge in [-0.2, -0.15) is 13.2 Å². The van der Waals surface area contributed by atoms with E-state index in [0.717, 1.165) is 12.1 Å². The lowest BCUT2D eigenvalue weighted by Crippen LogP contribution is -2.11. The van der Waals surface area contributed by atoms with Gasteiger partial charge in [0, 0.05) is 31.9 Å². The van der Waals surface area contributed by atoms with Gasteiger partial charge in [0.25, 0.3) is 0 Å². The summed E-state index contributed by atoms with van der Waals surface area (Å²) >= 11 is 0. The van der Waals surface area contributed by atoms with Crippen molar-refractivity contribution in [1.29, 1.82) is 0 Å². The maximum absolute atomic E-state index is 12.6. The molecule has 0 radical (unpaired) electrons. The lowest BCUT2D eigenvalue weighted by atomic mass is 10.1. The molecular weight excluding hydrogens is 380 g/mol. The van der Waals surface area contributed by atoms with Crippen LogP contribution in [0.25, 0.3) is 0 Å². The molecule has 0 aliphatic heterocycles. The molecule has 0 atom stereocenters. The molecular formula is C15H19Cl2F3N4O. The summed E-state index contributed by atoms with van der Waals surface area (Å²) in [6, 6.07) is 4.85. The number of benzene rings is 1. The number of rotatable bonds is 7. The lowest BCUT2D eigenvalue weighted by molar-refractivity contribution is -0.137. The highest BCUT2D eigenvalue weighted by Gasteiger charge is 2.30. The summed E-state index contributed by atoms with van der Waals surface area (Å²) in [7, 11) is 0. The zero-order chi connectivity index (χ0) is 16.7. The van der Waals surface area contributed by atoms with Crippen LogP contribution in [0.5, 0.6) is 0 Å². The van der Waals surface area contributed by atoms with Crippen molar-refractivity contribution in [3.05, 3.63) is 54.1 Å². The number of oxime groups is 1. The van der Waals surface area contributed by atoms with Gasteiger partial charge in [0.2, 0.25) is 0 Å². The highest BCUT2D eigenvalue weighted by molar-refractivity contribution is 6.00. The molecule has 1 heterocycles. The van der Waals surface area contributed by atoms with E-state index < -0.39 is 11.7 Å². The van der Waals surface area contributed by atoms with Gasteiger partial charge in [0.05, 0.1) is 17.6 Å². The zero-order valence-corrected chi connectivity index (χ0v) is 14.8. The Morgan fingerprint density at radius 3 is 2.40 bits per heavy atom. The molecule has 1 aromatic heterocycles. The van der Waals surface area contributed by atoms with Gasteiger partial charge in [-0.15, -0.1) is 24.8 Å². The fourth-order valence-electron chi connectivity index (χ4n) is 1.92. The summed E-state index contributed by atoms with van der Waals surface area (Å²) in [4.78, 5) is 9.02. The Labute approximate surface area is 155 Å². The number of aromatic nitrogens is 2. The smallest absolute Gasteiger partial charge is 0.394 e. The number of imidazole rings is 1. The third-order valence-corrected chi connectivity index (χ3v) is 3.10. The van der Waals surface area contributed by atoms with Crippen LogP contribution in [0, 0.1) is 0 Å². The highest BCUT2D eigenvalue weighted by atomic mass is 35.5. The number of aryl methyl sites for hydroxylation is 1. The van der Waals surface area contributed by atoms with E-state index in [0.29, 0.717) is 30.8 Å². The molecule has 25 heavy (non-hydrogen) atoms.